The summed E-state index contributed by atoms with van der Waals surface area (Å²) in [7, 11) is 0. The minimum Gasteiger partial charge on any atom is -0.452 e. The third-order valence-corrected chi connectivity index (χ3v) is 4.33. The lowest BCUT2D eigenvalue weighted by Gasteiger charge is -2.10. The maximum absolute atomic E-state index is 12.4. The van der Waals surface area contributed by atoms with E-state index in [1.807, 2.05) is 48.7 Å². The molecular formula is C20H18ClN3O3. The van der Waals surface area contributed by atoms with Crippen LogP contribution in [0.1, 0.15) is 21.7 Å². The van der Waals surface area contributed by atoms with Crippen molar-refractivity contribution in [3.8, 4) is 5.69 Å². The fourth-order valence-electron chi connectivity index (χ4n) is 2.82. The van der Waals surface area contributed by atoms with Gasteiger partial charge in [0.15, 0.2) is 11.8 Å². The number of halogens is 1. The SMILES string of the molecule is Cc1cc(C(=O)OCC(=O)Nc2cccnc2Cl)c(C)n1-c1ccccc1. The van der Waals surface area contributed by atoms with Gasteiger partial charge in [-0.2, -0.15) is 0 Å². The first kappa shape index (κ1) is 18.7. The Bertz CT molecular complexity index is 983. The fourth-order valence-corrected chi connectivity index (χ4v) is 2.98. The minimum absolute atomic E-state index is 0.170. The molecule has 2 aromatic heterocycles. The lowest BCUT2D eigenvalue weighted by molar-refractivity contribution is -0.119. The van der Waals surface area contributed by atoms with Crippen LogP contribution in [0.15, 0.2) is 54.7 Å². The quantitative estimate of drug-likeness (QED) is 0.535. The first-order valence-electron chi connectivity index (χ1n) is 8.29. The van der Waals surface area contributed by atoms with E-state index in [1.165, 1.54) is 6.20 Å². The van der Waals surface area contributed by atoms with Crippen molar-refractivity contribution in [3.63, 3.8) is 0 Å². The van der Waals surface area contributed by atoms with Crippen LogP contribution in [-0.4, -0.2) is 28.0 Å². The highest BCUT2D eigenvalue weighted by Crippen LogP contribution is 2.21. The van der Waals surface area contributed by atoms with Crippen LogP contribution < -0.4 is 5.32 Å². The number of carbonyl (C=O) groups is 2. The molecule has 0 saturated heterocycles. The number of anilines is 1. The molecule has 1 N–H and O–H groups in total. The van der Waals surface area contributed by atoms with Crippen molar-refractivity contribution in [2.75, 3.05) is 11.9 Å². The molecule has 0 aliphatic heterocycles. The molecule has 0 radical (unpaired) electrons. The topological polar surface area (TPSA) is 73.2 Å². The predicted octanol–water partition coefficient (Wildman–Crippen LogP) is 3.94. The van der Waals surface area contributed by atoms with E-state index in [0.717, 1.165) is 17.1 Å². The van der Waals surface area contributed by atoms with Gasteiger partial charge in [-0.1, -0.05) is 29.8 Å². The fraction of sp³-hybridized carbons (Fsp3) is 0.150. The molecule has 27 heavy (non-hydrogen) atoms. The molecule has 0 fully saturated rings. The Morgan fingerprint density at radius 2 is 1.89 bits per heavy atom. The number of nitrogens with one attached hydrogen (secondary N) is 1. The summed E-state index contributed by atoms with van der Waals surface area (Å²) in [4.78, 5) is 28.3. The number of aromatic nitrogens is 2. The van der Waals surface area contributed by atoms with Crippen molar-refractivity contribution < 1.29 is 14.3 Å². The molecule has 6 nitrogen and oxygen atoms in total. The number of nitrogens with zero attached hydrogens (tertiary/aromatic N) is 2. The summed E-state index contributed by atoms with van der Waals surface area (Å²) in [6.45, 7) is 3.33. The van der Waals surface area contributed by atoms with Crippen LogP contribution >= 0.6 is 11.6 Å². The summed E-state index contributed by atoms with van der Waals surface area (Å²) in [6.07, 6.45) is 1.51. The summed E-state index contributed by atoms with van der Waals surface area (Å²) < 4.78 is 7.12. The van der Waals surface area contributed by atoms with Gasteiger partial charge in [-0.15, -0.1) is 0 Å². The Morgan fingerprint density at radius 3 is 2.59 bits per heavy atom. The standard InChI is InChI=1S/C20H18ClN3O3/c1-13-11-16(14(2)24(13)15-7-4-3-5-8-15)20(26)27-12-18(25)23-17-9-6-10-22-19(17)21/h3-11H,12H2,1-2H3,(H,23,25). The number of ether oxygens (including phenoxy) is 1. The summed E-state index contributed by atoms with van der Waals surface area (Å²) in [6, 6.07) is 14.7. The van der Waals surface area contributed by atoms with E-state index in [2.05, 4.69) is 10.3 Å². The zero-order valence-electron chi connectivity index (χ0n) is 14.9. The van der Waals surface area contributed by atoms with Gasteiger partial charge in [-0.3, -0.25) is 4.79 Å². The van der Waals surface area contributed by atoms with Crippen molar-refractivity contribution in [1.82, 2.24) is 9.55 Å². The molecule has 0 unspecified atom stereocenters. The second kappa shape index (κ2) is 8.05. The van der Waals surface area contributed by atoms with Crippen LogP contribution in [0.5, 0.6) is 0 Å². The van der Waals surface area contributed by atoms with Crippen LogP contribution in [0.25, 0.3) is 5.69 Å². The third kappa shape index (κ3) is 4.17. The highest BCUT2D eigenvalue weighted by Gasteiger charge is 2.19. The second-order valence-electron chi connectivity index (χ2n) is 5.92. The van der Waals surface area contributed by atoms with E-state index in [9.17, 15) is 9.59 Å². The second-order valence-corrected chi connectivity index (χ2v) is 6.28. The zero-order valence-corrected chi connectivity index (χ0v) is 15.7. The van der Waals surface area contributed by atoms with Gasteiger partial charge < -0.3 is 14.6 Å². The summed E-state index contributed by atoms with van der Waals surface area (Å²) >= 11 is 5.89. The number of carbonyl (C=O) groups excluding carboxylic acids is 2. The Morgan fingerprint density at radius 1 is 1.15 bits per heavy atom. The molecule has 7 heteroatoms. The third-order valence-electron chi connectivity index (χ3n) is 4.03. The Balaban J connectivity index is 1.68. The average molecular weight is 384 g/mol. The number of esters is 1. The Hall–Kier alpha value is -3.12. The van der Waals surface area contributed by atoms with Crippen LogP contribution in [-0.2, 0) is 9.53 Å². The van der Waals surface area contributed by atoms with Crippen molar-refractivity contribution in [1.29, 1.82) is 0 Å². The number of rotatable bonds is 5. The van der Waals surface area contributed by atoms with E-state index in [0.29, 0.717) is 11.3 Å². The summed E-state index contributed by atoms with van der Waals surface area (Å²) in [5.74, 6) is -1.05. The van der Waals surface area contributed by atoms with E-state index in [4.69, 9.17) is 16.3 Å². The lowest BCUT2D eigenvalue weighted by Crippen LogP contribution is -2.21. The Kier molecular flexibility index (Phi) is 5.57. The first-order valence-corrected chi connectivity index (χ1v) is 8.67. The molecule has 1 aromatic carbocycles. The summed E-state index contributed by atoms with van der Waals surface area (Å²) in [5.41, 5.74) is 3.39. The van der Waals surface area contributed by atoms with Crippen molar-refractivity contribution >= 4 is 29.2 Å². The van der Waals surface area contributed by atoms with Gasteiger partial charge in [0, 0.05) is 23.3 Å². The van der Waals surface area contributed by atoms with Crippen molar-refractivity contribution in [2.24, 2.45) is 0 Å². The van der Waals surface area contributed by atoms with Crippen LogP contribution in [0.4, 0.5) is 5.69 Å². The van der Waals surface area contributed by atoms with Gasteiger partial charge in [-0.25, -0.2) is 9.78 Å². The maximum Gasteiger partial charge on any atom is 0.340 e. The van der Waals surface area contributed by atoms with E-state index in [-0.39, 0.29) is 5.15 Å². The molecule has 0 bridgehead atoms. The van der Waals surface area contributed by atoms with E-state index in [1.54, 1.807) is 18.2 Å². The number of pyridine rings is 1. The van der Waals surface area contributed by atoms with Gasteiger partial charge in [0.1, 0.15) is 0 Å². The number of amides is 1. The summed E-state index contributed by atoms with van der Waals surface area (Å²) in [5, 5.41) is 2.73. The molecule has 0 saturated carbocycles. The van der Waals surface area contributed by atoms with Gasteiger partial charge in [0.2, 0.25) is 0 Å². The molecule has 0 aliphatic rings. The largest absolute Gasteiger partial charge is 0.452 e. The van der Waals surface area contributed by atoms with Crippen LogP contribution in [0.2, 0.25) is 5.15 Å². The van der Waals surface area contributed by atoms with E-state index >= 15 is 0 Å². The molecule has 2 heterocycles. The van der Waals surface area contributed by atoms with Gasteiger partial charge in [-0.05, 0) is 44.2 Å². The highest BCUT2D eigenvalue weighted by molar-refractivity contribution is 6.32. The number of aryl methyl sites for hydroxylation is 1. The van der Waals surface area contributed by atoms with Gasteiger partial charge in [0.25, 0.3) is 5.91 Å². The first-order chi connectivity index (χ1) is 13.0. The minimum atomic E-state index is -0.558. The van der Waals surface area contributed by atoms with Crippen molar-refractivity contribution in [2.45, 2.75) is 13.8 Å². The molecule has 1 amide bonds. The number of hydrogen-bond acceptors (Lipinski definition) is 4. The molecule has 3 rings (SSSR count). The number of hydrogen-bond donors (Lipinski definition) is 1. The zero-order chi connectivity index (χ0) is 19.4. The van der Waals surface area contributed by atoms with E-state index < -0.39 is 18.5 Å². The maximum atomic E-state index is 12.4. The average Bonchev–Trinajstić information content (AvgIpc) is 2.96. The normalized spacial score (nSPS) is 10.5. The van der Waals surface area contributed by atoms with Gasteiger partial charge in [0.05, 0.1) is 11.3 Å². The monoisotopic (exact) mass is 383 g/mol. The Labute approximate surface area is 161 Å². The molecule has 0 atom stereocenters. The van der Waals surface area contributed by atoms with Crippen molar-refractivity contribution in [3.05, 3.63) is 76.8 Å². The molecule has 0 spiro atoms. The molecule has 138 valence electrons. The molecule has 0 aliphatic carbocycles. The molecule has 3 aromatic rings. The highest BCUT2D eigenvalue weighted by atomic mass is 35.5. The smallest absolute Gasteiger partial charge is 0.340 e. The number of para-hydroxylation sites is 1. The van der Waals surface area contributed by atoms with Crippen LogP contribution in [0.3, 0.4) is 0 Å². The molecular weight excluding hydrogens is 366 g/mol. The lowest BCUT2D eigenvalue weighted by atomic mass is 10.2. The predicted molar refractivity (Wildman–Crippen MR) is 103 cm³/mol. The van der Waals surface area contributed by atoms with Gasteiger partial charge >= 0.3 is 5.97 Å². The number of benzene rings is 1. The van der Waals surface area contributed by atoms with Crippen LogP contribution in [0, 0.1) is 13.8 Å².